The SMILES string of the molecule is Cc1cc(C)nc(C2C3CNCC3CN2C(=O)OC(C)(C)C)n1. The van der Waals surface area contributed by atoms with Gasteiger partial charge in [-0.1, -0.05) is 0 Å². The van der Waals surface area contributed by atoms with Gasteiger partial charge < -0.3 is 10.1 Å². The van der Waals surface area contributed by atoms with Crippen LogP contribution in [-0.2, 0) is 4.74 Å². The Labute approximate surface area is 137 Å². The Balaban J connectivity index is 1.93. The van der Waals surface area contributed by atoms with E-state index in [4.69, 9.17) is 4.74 Å². The molecule has 1 aromatic heterocycles. The Morgan fingerprint density at radius 3 is 2.52 bits per heavy atom. The van der Waals surface area contributed by atoms with Crippen LogP contribution in [0.1, 0.15) is 44.0 Å². The van der Waals surface area contributed by atoms with Crippen LogP contribution in [0, 0.1) is 25.7 Å². The van der Waals surface area contributed by atoms with Crippen LogP contribution in [0.25, 0.3) is 0 Å². The van der Waals surface area contributed by atoms with E-state index in [1.54, 1.807) is 0 Å². The summed E-state index contributed by atoms with van der Waals surface area (Å²) in [5.74, 6) is 1.53. The van der Waals surface area contributed by atoms with Gasteiger partial charge in [0.1, 0.15) is 5.60 Å². The van der Waals surface area contributed by atoms with E-state index in [9.17, 15) is 4.79 Å². The number of aryl methyl sites for hydroxylation is 2. The molecule has 3 heterocycles. The predicted molar refractivity (Wildman–Crippen MR) is 87.0 cm³/mol. The van der Waals surface area contributed by atoms with E-state index in [1.807, 2.05) is 45.6 Å². The first-order valence-electron chi connectivity index (χ1n) is 8.27. The number of likely N-dealkylation sites (tertiary alicyclic amines) is 1. The average Bonchev–Trinajstić information content (AvgIpc) is 2.94. The molecule has 0 radical (unpaired) electrons. The van der Waals surface area contributed by atoms with Crippen LogP contribution in [0.3, 0.4) is 0 Å². The lowest BCUT2D eigenvalue weighted by Crippen LogP contribution is -2.39. The van der Waals surface area contributed by atoms with Crippen molar-refractivity contribution in [2.75, 3.05) is 19.6 Å². The lowest BCUT2D eigenvalue weighted by molar-refractivity contribution is 0.0193. The minimum atomic E-state index is -0.499. The standard InChI is InChI=1S/C17H26N4O2/c1-10-6-11(2)20-15(19-10)14-13-8-18-7-12(13)9-21(14)16(22)23-17(3,4)5/h6,12-14,18H,7-9H2,1-5H3. The number of fused-ring (bicyclic) bond motifs is 1. The molecule has 3 unspecified atom stereocenters. The molecule has 1 amide bonds. The first kappa shape index (κ1) is 16.2. The third-order valence-electron chi connectivity index (χ3n) is 4.46. The van der Waals surface area contributed by atoms with Gasteiger partial charge >= 0.3 is 6.09 Å². The molecule has 2 saturated heterocycles. The van der Waals surface area contributed by atoms with E-state index in [2.05, 4.69) is 15.3 Å². The molecule has 1 aromatic rings. The summed E-state index contributed by atoms with van der Waals surface area (Å²) < 4.78 is 5.61. The van der Waals surface area contributed by atoms with Gasteiger partial charge in [-0.3, -0.25) is 4.90 Å². The number of carbonyl (C=O) groups is 1. The summed E-state index contributed by atoms with van der Waals surface area (Å²) >= 11 is 0. The maximum Gasteiger partial charge on any atom is 0.410 e. The van der Waals surface area contributed by atoms with Crippen LogP contribution in [0.15, 0.2) is 6.07 Å². The quantitative estimate of drug-likeness (QED) is 0.860. The Bertz CT molecular complexity index is 591. The second-order valence-corrected chi connectivity index (χ2v) is 7.67. The number of rotatable bonds is 1. The molecule has 126 valence electrons. The molecule has 2 fully saturated rings. The van der Waals surface area contributed by atoms with Gasteiger partial charge in [-0.25, -0.2) is 14.8 Å². The normalized spacial score (nSPS) is 27.2. The molecular formula is C17H26N4O2. The fourth-order valence-corrected chi connectivity index (χ4v) is 3.65. The van der Waals surface area contributed by atoms with Crippen molar-refractivity contribution in [2.45, 2.75) is 46.3 Å². The number of ether oxygens (including phenoxy) is 1. The fourth-order valence-electron chi connectivity index (χ4n) is 3.65. The second kappa shape index (κ2) is 5.74. The molecule has 6 heteroatoms. The molecule has 3 rings (SSSR count). The summed E-state index contributed by atoms with van der Waals surface area (Å²) in [6.45, 7) is 12.2. The number of nitrogens with zero attached hydrogens (tertiary/aromatic N) is 3. The van der Waals surface area contributed by atoms with Crippen molar-refractivity contribution >= 4 is 6.09 Å². The summed E-state index contributed by atoms with van der Waals surface area (Å²) in [4.78, 5) is 23.7. The molecule has 6 nitrogen and oxygen atoms in total. The second-order valence-electron chi connectivity index (χ2n) is 7.67. The summed E-state index contributed by atoms with van der Waals surface area (Å²) in [6, 6.07) is 1.85. The Hall–Kier alpha value is -1.69. The Morgan fingerprint density at radius 1 is 1.26 bits per heavy atom. The summed E-state index contributed by atoms with van der Waals surface area (Å²) in [7, 11) is 0. The first-order chi connectivity index (χ1) is 10.7. The highest BCUT2D eigenvalue weighted by Crippen LogP contribution is 2.42. The molecule has 0 aliphatic carbocycles. The summed E-state index contributed by atoms with van der Waals surface area (Å²) in [5, 5.41) is 3.43. The highest BCUT2D eigenvalue weighted by atomic mass is 16.6. The number of amides is 1. The topological polar surface area (TPSA) is 67.4 Å². The summed E-state index contributed by atoms with van der Waals surface area (Å²) in [6.07, 6.45) is -0.264. The minimum absolute atomic E-state index is 0.108. The zero-order chi connectivity index (χ0) is 16.8. The average molecular weight is 318 g/mol. The lowest BCUT2D eigenvalue weighted by Gasteiger charge is -2.30. The Kier molecular flexibility index (Phi) is 4.04. The molecule has 2 aliphatic heterocycles. The molecule has 23 heavy (non-hydrogen) atoms. The largest absolute Gasteiger partial charge is 0.444 e. The minimum Gasteiger partial charge on any atom is -0.444 e. The van der Waals surface area contributed by atoms with Crippen LogP contribution in [0.4, 0.5) is 4.79 Å². The third-order valence-corrected chi connectivity index (χ3v) is 4.46. The van der Waals surface area contributed by atoms with E-state index in [0.717, 1.165) is 30.3 Å². The van der Waals surface area contributed by atoms with Crippen LogP contribution in [0.5, 0.6) is 0 Å². The zero-order valence-corrected chi connectivity index (χ0v) is 14.6. The van der Waals surface area contributed by atoms with Crippen LogP contribution < -0.4 is 5.32 Å². The van der Waals surface area contributed by atoms with Crippen molar-refractivity contribution < 1.29 is 9.53 Å². The highest BCUT2D eigenvalue weighted by molar-refractivity contribution is 5.69. The van der Waals surface area contributed by atoms with E-state index >= 15 is 0 Å². The van der Waals surface area contributed by atoms with Crippen molar-refractivity contribution in [3.05, 3.63) is 23.3 Å². The molecule has 0 spiro atoms. The van der Waals surface area contributed by atoms with Gasteiger partial charge in [0.2, 0.25) is 0 Å². The molecule has 0 bridgehead atoms. The summed E-state index contributed by atoms with van der Waals surface area (Å²) in [5.41, 5.74) is 1.37. The van der Waals surface area contributed by atoms with Gasteiger partial charge in [0.25, 0.3) is 0 Å². The molecule has 1 N–H and O–H groups in total. The van der Waals surface area contributed by atoms with Crippen molar-refractivity contribution in [2.24, 2.45) is 11.8 Å². The van der Waals surface area contributed by atoms with E-state index < -0.39 is 5.60 Å². The van der Waals surface area contributed by atoms with Gasteiger partial charge in [0.15, 0.2) is 5.82 Å². The molecule has 0 saturated carbocycles. The van der Waals surface area contributed by atoms with Crippen molar-refractivity contribution in [1.82, 2.24) is 20.2 Å². The monoisotopic (exact) mass is 318 g/mol. The van der Waals surface area contributed by atoms with E-state index in [1.165, 1.54) is 0 Å². The zero-order valence-electron chi connectivity index (χ0n) is 14.6. The van der Waals surface area contributed by atoms with Gasteiger partial charge in [-0.15, -0.1) is 0 Å². The third kappa shape index (κ3) is 3.32. The van der Waals surface area contributed by atoms with Crippen LogP contribution in [0.2, 0.25) is 0 Å². The number of carbonyl (C=O) groups excluding carboxylic acids is 1. The molecule has 0 aromatic carbocycles. The number of hydrogen-bond acceptors (Lipinski definition) is 5. The smallest absolute Gasteiger partial charge is 0.410 e. The molecular weight excluding hydrogens is 292 g/mol. The molecule has 3 atom stereocenters. The highest BCUT2D eigenvalue weighted by Gasteiger charge is 2.49. The first-order valence-corrected chi connectivity index (χ1v) is 8.27. The van der Waals surface area contributed by atoms with Crippen LogP contribution in [-0.4, -0.2) is 46.2 Å². The van der Waals surface area contributed by atoms with Gasteiger partial charge in [0.05, 0.1) is 6.04 Å². The number of nitrogens with one attached hydrogen (secondary N) is 1. The van der Waals surface area contributed by atoms with Gasteiger partial charge in [0, 0.05) is 36.9 Å². The van der Waals surface area contributed by atoms with Gasteiger partial charge in [-0.2, -0.15) is 0 Å². The Morgan fingerprint density at radius 2 is 1.91 bits per heavy atom. The lowest BCUT2D eigenvalue weighted by atomic mass is 9.93. The maximum atomic E-state index is 12.7. The number of hydrogen-bond donors (Lipinski definition) is 1. The van der Waals surface area contributed by atoms with E-state index in [0.29, 0.717) is 18.4 Å². The van der Waals surface area contributed by atoms with Crippen molar-refractivity contribution in [3.8, 4) is 0 Å². The van der Waals surface area contributed by atoms with Gasteiger partial charge in [-0.05, 0) is 46.6 Å². The molecule has 2 aliphatic rings. The van der Waals surface area contributed by atoms with Crippen LogP contribution >= 0.6 is 0 Å². The fraction of sp³-hybridized carbons (Fsp3) is 0.706. The van der Waals surface area contributed by atoms with E-state index in [-0.39, 0.29) is 12.1 Å². The maximum absolute atomic E-state index is 12.7. The number of aromatic nitrogens is 2. The van der Waals surface area contributed by atoms with Crippen molar-refractivity contribution in [1.29, 1.82) is 0 Å². The predicted octanol–water partition coefficient (Wildman–Crippen LogP) is 2.22. The van der Waals surface area contributed by atoms with Crippen molar-refractivity contribution in [3.63, 3.8) is 0 Å².